The zero-order valence-electron chi connectivity index (χ0n) is 11.1. The second kappa shape index (κ2) is 5.56. The Balaban J connectivity index is 2.07. The predicted molar refractivity (Wildman–Crippen MR) is 81.3 cm³/mol. The lowest BCUT2D eigenvalue weighted by atomic mass is 10.0. The van der Waals surface area contributed by atoms with Crippen LogP contribution in [-0.2, 0) is 0 Å². The summed E-state index contributed by atoms with van der Waals surface area (Å²) >= 11 is 0. The van der Waals surface area contributed by atoms with Gasteiger partial charge >= 0.3 is 0 Å². The minimum atomic E-state index is -0.499. The number of aromatic nitrogens is 1. The van der Waals surface area contributed by atoms with Crippen LogP contribution in [0.4, 0.5) is 10.1 Å². The van der Waals surface area contributed by atoms with Crippen LogP contribution >= 0.6 is 0 Å². The van der Waals surface area contributed by atoms with Crippen LogP contribution in [0.25, 0.3) is 27.1 Å². The number of hydrogen-bond acceptors (Lipinski definition) is 1. The Morgan fingerprint density at radius 3 is 2.24 bits per heavy atom. The molecule has 1 aromatic heterocycles. The highest BCUT2D eigenvalue weighted by Crippen LogP contribution is 2.29. The average Bonchev–Trinajstić information content (AvgIpc) is 2.56. The van der Waals surface area contributed by atoms with E-state index < -0.39 is 5.82 Å². The van der Waals surface area contributed by atoms with E-state index >= 15 is 0 Å². The number of nitrogens with zero attached hydrogens (tertiary/aromatic N) is 2. The van der Waals surface area contributed by atoms with Gasteiger partial charge in [0.1, 0.15) is 5.82 Å². The Kier molecular flexibility index (Phi) is 3.44. The molecule has 0 fully saturated rings. The topological polar surface area (TPSA) is 17.2 Å². The molecule has 1 heterocycles. The maximum Gasteiger partial charge on any atom is 0.222 e. The van der Waals surface area contributed by atoms with Gasteiger partial charge in [-0.25, -0.2) is 9.24 Å². The van der Waals surface area contributed by atoms with Gasteiger partial charge in [0.2, 0.25) is 5.69 Å². The molecule has 0 aliphatic carbocycles. The summed E-state index contributed by atoms with van der Waals surface area (Å²) in [5.74, 6) is -0.499. The fourth-order valence-corrected chi connectivity index (χ4v) is 2.16. The van der Waals surface area contributed by atoms with Crippen molar-refractivity contribution in [3.8, 4) is 22.3 Å². The fourth-order valence-electron chi connectivity index (χ4n) is 2.16. The van der Waals surface area contributed by atoms with Crippen molar-refractivity contribution < 1.29 is 4.39 Å². The van der Waals surface area contributed by atoms with Gasteiger partial charge in [-0.1, -0.05) is 36.4 Å². The van der Waals surface area contributed by atoms with E-state index in [2.05, 4.69) is 9.83 Å². The van der Waals surface area contributed by atoms with E-state index in [0.29, 0.717) is 0 Å². The summed E-state index contributed by atoms with van der Waals surface area (Å²) in [6.45, 7) is 6.99. The molecule has 3 rings (SSSR count). The van der Waals surface area contributed by atoms with E-state index in [4.69, 9.17) is 6.57 Å². The maximum absolute atomic E-state index is 13.4. The first-order valence-electron chi connectivity index (χ1n) is 6.46. The monoisotopic (exact) mass is 274 g/mol. The minimum Gasteiger partial charge on any atom is -0.263 e. The van der Waals surface area contributed by atoms with E-state index in [1.165, 1.54) is 6.07 Å². The molecule has 21 heavy (non-hydrogen) atoms. The van der Waals surface area contributed by atoms with E-state index in [9.17, 15) is 4.39 Å². The molecule has 0 N–H and O–H groups in total. The molecule has 3 heteroatoms. The summed E-state index contributed by atoms with van der Waals surface area (Å²) in [5, 5.41) is 0. The van der Waals surface area contributed by atoms with E-state index in [0.717, 1.165) is 22.3 Å². The van der Waals surface area contributed by atoms with Crippen LogP contribution in [0.15, 0.2) is 67.0 Å². The summed E-state index contributed by atoms with van der Waals surface area (Å²) in [6.07, 6.45) is 3.51. The first-order chi connectivity index (χ1) is 10.3. The predicted octanol–water partition coefficient (Wildman–Crippen LogP) is 5.11. The molecule has 0 aliphatic heterocycles. The zero-order valence-corrected chi connectivity index (χ0v) is 11.1. The van der Waals surface area contributed by atoms with E-state index in [-0.39, 0.29) is 5.69 Å². The molecule has 0 saturated carbocycles. The van der Waals surface area contributed by atoms with Gasteiger partial charge in [0.15, 0.2) is 0 Å². The van der Waals surface area contributed by atoms with Gasteiger partial charge in [-0.05, 0) is 34.9 Å². The minimum absolute atomic E-state index is 0.0256. The molecule has 0 aliphatic rings. The maximum atomic E-state index is 13.4. The highest BCUT2D eigenvalue weighted by Gasteiger charge is 2.06. The van der Waals surface area contributed by atoms with Crippen molar-refractivity contribution in [3.63, 3.8) is 0 Å². The molecule has 0 atom stereocenters. The third kappa shape index (κ3) is 2.65. The summed E-state index contributed by atoms with van der Waals surface area (Å²) < 4.78 is 13.4. The smallest absolute Gasteiger partial charge is 0.222 e. The first kappa shape index (κ1) is 13.0. The largest absolute Gasteiger partial charge is 0.263 e. The van der Waals surface area contributed by atoms with Gasteiger partial charge in [-0.2, -0.15) is 0 Å². The molecule has 0 unspecified atom stereocenters. The average molecular weight is 274 g/mol. The van der Waals surface area contributed by atoms with Crippen LogP contribution in [0.5, 0.6) is 0 Å². The molecule has 2 aromatic carbocycles. The van der Waals surface area contributed by atoms with Gasteiger partial charge in [-0.15, -0.1) is 0 Å². The second-order valence-electron chi connectivity index (χ2n) is 4.61. The number of pyridine rings is 1. The highest BCUT2D eigenvalue weighted by molar-refractivity contribution is 5.73. The van der Waals surface area contributed by atoms with Crippen LogP contribution in [0, 0.1) is 12.4 Å². The van der Waals surface area contributed by atoms with Crippen molar-refractivity contribution >= 4 is 5.69 Å². The summed E-state index contributed by atoms with van der Waals surface area (Å²) in [4.78, 5) is 7.44. The number of rotatable bonds is 2. The third-order valence-electron chi connectivity index (χ3n) is 3.25. The van der Waals surface area contributed by atoms with Crippen molar-refractivity contribution in [3.05, 3.63) is 84.2 Å². The lowest BCUT2D eigenvalue weighted by Crippen LogP contribution is -1.85. The Hall–Kier alpha value is -2.99. The molecule has 0 amide bonds. The van der Waals surface area contributed by atoms with Crippen molar-refractivity contribution in [2.45, 2.75) is 0 Å². The number of hydrogen-bond donors (Lipinski definition) is 0. The Morgan fingerprint density at radius 2 is 1.52 bits per heavy atom. The van der Waals surface area contributed by atoms with E-state index in [1.807, 2.05) is 36.4 Å². The highest BCUT2D eigenvalue weighted by atomic mass is 19.1. The summed E-state index contributed by atoms with van der Waals surface area (Å²) in [6, 6.07) is 16.4. The number of benzene rings is 2. The lowest BCUT2D eigenvalue weighted by Gasteiger charge is -2.06. The Morgan fingerprint density at radius 1 is 0.810 bits per heavy atom. The lowest BCUT2D eigenvalue weighted by molar-refractivity contribution is 0.634. The molecule has 0 saturated heterocycles. The second-order valence-corrected chi connectivity index (χ2v) is 4.61. The summed E-state index contributed by atoms with van der Waals surface area (Å²) in [5.41, 5.74) is 3.73. The Labute approximate surface area is 122 Å². The van der Waals surface area contributed by atoms with Crippen molar-refractivity contribution in [1.29, 1.82) is 0 Å². The van der Waals surface area contributed by atoms with E-state index in [1.54, 1.807) is 24.5 Å². The molecule has 0 radical (unpaired) electrons. The van der Waals surface area contributed by atoms with Crippen LogP contribution < -0.4 is 0 Å². The molecular weight excluding hydrogens is 263 g/mol. The van der Waals surface area contributed by atoms with Gasteiger partial charge in [0.25, 0.3) is 0 Å². The van der Waals surface area contributed by atoms with Crippen LogP contribution in [0.3, 0.4) is 0 Å². The molecular formula is C18H11FN2. The van der Waals surface area contributed by atoms with Gasteiger partial charge in [0.05, 0.1) is 6.57 Å². The van der Waals surface area contributed by atoms with Gasteiger partial charge < -0.3 is 0 Å². The fraction of sp³-hybridized carbons (Fsp3) is 0. The normalized spacial score (nSPS) is 10.1. The molecule has 0 bridgehead atoms. The van der Waals surface area contributed by atoms with Crippen molar-refractivity contribution in [2.24, 2.45) is 0 Å². The van der Waals surface area contributed by atoms with Gasteiger partial charge in [0, 0.05) is 18.0 Å². The third-order valence-corrected chi connectivity index (χ3v) is 3.25. The first-order valence-corrected chi connectivity index (χ1v) is 6.46. The van der Waals surface area contributed by atoms with Crippen molar-refractivity contribution in [2.75, 3.05) is 0 Å². The Bertz CT molecular complexity index is 820. The SMILES string of the molecule is [C-]#[N+]c1cc(-c2cncc(-c3ccccc3)c2)ccc1F. The summed E-state index contributed by atoms with van der Waals surface area (Å²) in [7, 11) is 0. The molecule has 100 valence electrons. The van der Waals surface area contributed by atoms with Crippen LogP contribution in [-0.4, -0.2) is 4.98 Å². The van der Waals surface area contributed by atoms with Crippen molar-refractivity contribution in [1.82, 2.24) is 4.98 Å². The van der Waals surface area contributed by atoms with Gasteiger partial charge in [-0.3, -0.25) is 4.98 Å². The standard InChI is InChI=1S/C18H11FN2/c1-20-18-10-14(7-8-17(18)19)16-9-15(11-21-12-16)13-5-3-2-4-6-13/h2-12H. The van der Waals surface area contributed by atoms with Crippen LogP contribution in [0.1, 0.15) is 0 Å². The number of halogens is 1. The van der Waals surface area contributed by atoms with Crippen LogP contribution in [0.2, 0.25) is 0 Å². The quantitative estimate of drug-likeness (QED) is 0.594. The molecule has 3 aromatic rings. The molecule has 2 nitrogen and oxygen atoms in total. The zero-order chi connectivity index (χ0) is 14.7. The molecule has 0 spiro atoms.